The number of halogens is 5. The van der Waals surface area contributed by atoms with Crippen LogP contribution in [0, 0.1) is 23.3 Å². The first-order valence-electron chi connectivity index (χ1n) is 6.27. The molecule has 0 aliphatic carbocycles. The van der Waals surface area contributed by atoms with Gasteiger partial charge >= 0.3 is 0 Å². The van der Waals surface area contributed by atoms with Gasteiger partial charge in [0.1, 0.15) is 5.56 Å². The summed E-state index contributed by atoms with van der Waals surface area (Å²) in [7, 11) is -0.352. The van der Waals surface area contributed by atoms with Crippen LogP contribution in [0.2, 0.25) is 0 Å². The van der Waals surface area contributed by atoms with Crippen LogP contribution in [0.3, 0.4) is 0 Å². The summed E-state index contributed by atoms with van der Waals surface area (Å²) < 4.78 is 77.1. The smallest absolute Gasteiger partial charge is 0.267 e. The van der Waals surface area contributed by atoms with E-state index in [-0.39, 0.29) is 6.54 Å². The lowest BCUT2D eigenvalue weighted by atomic mass is 10.1. The van der Waals surface area contributed by atoms with Crippen molar-refractivity contribution < 1.29 is 30.8 Å². The fourth-order valence-electron chi connectivity index (χ4n) is 1.89. The first-order valence-corrected chi connectivity index (χ1v) is 8.58. The van der Waals surface area contributed by atoms with E-state index in [1.54, 1.807) is 30.3 Å². The second kappa shape index (κ2) is 6.78. The summed E-state index contributed by atoms with van der Waals surface area (Å²) in [6, 6.07) is 8.17. The molecule has 0 aliphatic heterocycles. The standard InChI is InChI=1S/C14H8ClF4NO3S/c15-24(22,23)13-11(18)9(16)8(10(17)12(13)19)14(21)20-6-7-4-2-1-3-5-7/h1-5H,6H2,(H,20,21). The first-order chi connectivity index (χ1) is 11.1. The van der Waals surface area contributed by atoms with E-state index in [0.717, 1.165) is 0 Å². The first kappa shape index (κ1) is 18.2. The molecule has 0 spiro atoms. The van der Waals surface area contributed by atoms with E-state index < -0.39 is 48.7 Å². The number of hydrogen-bond acceptors (Lipinski definition) is 3. The molecule has 2 aromatic carbocycles. The third-order valence-corrected chi connectivity index (χ3v) is 4.30. The predicted octanol–water partition coefficient (Wildman–Crippen LogP) is 3.10. The zero-order valence-corrected chi connectivity index (χ0v) is 13.2. The highest BCUT2D eigenvalue weighted by atomic mass is 35.7. The zero-order chi connectivity index (χ0) is 18.1. The third-order valence-electron chi connectivity index (χ3n) is 2.99. The van der Waals surface area contributed by atoms with Gasteiger partial charge in [-0.25, -0.2) is 26.0 Å². The van der Waals surface area contributed by atoms with Crippen molar-refractivity contribution in [3.8, 4) is 0 Å². The molecule has 2 rings (SSSR count). The van der Waals surface area contributed by atoms with Crippen molar-refractivity contribution in [2.45, 2.75) is 11.4 Å². The van der Waals surface area contributed by atoms with Crippen molar-refractivity contribution in [3.63, 3.8) is 0 Å². The van der Waals surface area contributed by atoms with Gasteiger partial charge in [0.25, 0.3) is 15.0 Å². The van der Waals surface area contributed by atoms with E-state index in [4.69, 9.17) is 10.7 Å². The van der Waals surface area contributed by atoms with E-state index in [2.05, 4.69) is 5.32 Å². The molecule has 0 heterocycles. The van der Waals surface area contributed by atoms with Gasteiger partial charge in [-0.15, -0.1) is 0 Å². The highest BCUT2D eigenvalue weighted by Crippen LogP contribution is 2.29. The Bertz CT molecular complexity index is 875. The molecular weight excluding hydrogens is 374 g/mol. The maximum atomic E-state index is 13.8. The van der Waals surface area contributed by atoms with Gasteiger partial charge in [0, 0.05) is 17.2 Å². The van der Waals surface area contributed by atoms with Crippen LogP contribution in [-0.2, 0) is 15.6 Å². The monoisotopic (exact) mass is 381 g/mol. The molecule has 2 aromatic rings. The summed E-state index contributed by atoms with van der Waals surface area (Å²) in [5, 5.41) is 2.07. The predicted molar refractivity (Wildman–Crippen MR) is 76.9 cm³/mol. The van der Waals surface area contributed by atoms with Gasteiger partial charge in [0.05, 0.1) is 0 Å². The number of carbonyl (C=O) groups is 1. The van der Waals surface area contributed by atoms with Gasteiger partial charge in [0.15, 0.2) is 28.2 Å². The Morgan fingerprint density at radius 2 is 1.46 bits per heavy atom. The number of carbonyl (C=O) groups excluding carboxylic acids is 1. The number of hydrogen-bond donors (Lipinski definition) is 1. The van der Waals surface area contributed by atoms with Crippen LogP contribution < -0.4 is 5.32 Å². The Morgan fingerprint density at radius 3 is 1.92 bits per heavy atom. The lowest BCUT2D eigenvalue weighted by Gasteiger charge is -2.10. The molecule has 0 atom stereocenters. The van der Waals surface area contributed by atoms with Crippen LogP contribution in [0.15, 0.2) is 35.2 Å². The quantitative estimate of drug-likeness (QED) is 0.503. The fraction of sp³-hybridized carbons (Fsp3) is 0.0714. The molecular formula is C14H8ClF4NO3S. The van der Waals surface area contributed by atoms with Crippen molar-refractivity contribution in [2.75, 3.05) is 0 Å². The number of amides is 1. The Balaban J connectivity index is 2.42. The largest absolute Gasteiger partial charge is 0.348 e. The Kier molecular flexibility index (Phi) is 5.14. The minimum absolute atomic E-state index is 0.169. The number of rotatable bonds is 4. The van der Waals surface area contributed by atoms with E-state index >= 15 is 0 Å². The van der Waals surface area contributed by atoms with E-state index in [0.29, 0.717) is 5.56 Å². The van der Waals surface area contributed by atoms with Gasteiger partial charge in [-0.2, -0.15) is 0 Å². The van der Waals surface area contributed by atoms with Crippen LogP contribution in [0.4, 0.5) is 17.6 Å². The summed E-state index contributed by atoms with van der Waals surface area (Å²) in [5.41, 5.74) is -1.02. The molecule has 1 amide bonds. The van der Waals surface area contributed by atoms with Crippen molar-refractivity contribution in [2.24, 2.45) is 0 Å². The summed E-state index contributed by atoms with van der Waals surface area (Å²) in [6.45, 7) is -0.169. The van der Waals surface area contributed by atoms with Crippen molar-refractivity contribution in [1.29, 1.82) is 0 Å². The Hall–Kier alpha value is -2.13. The summed E-state index contributed by atoms with van der Waals surface area (Å²) in [6.07, 6.45) is 0. The van der Waals surface area contributed by atoms with Crippen LogP contribution in [0.1, 0.15) is 15.9 Å². The zero-order valence-electron chi connectivity index (χ0n) is 11.6. The van der Waals surface area contributed by atoms with E-state index in [1.165, 1.54) is 0 Å². The average molecular weight is 382 g/mol. The van der Waals surface area contributed by atoms with Crippen LogP contribution in [0.5, 0.6) is 0 Å². The summed E-state index contributed by atoms with van der Waals surface area (Å²) in [4.78, 5) is 9.83. The summed E-state index contributed by atoms with van der Waals surface area (Å²) in [5.74, 6) is -10.3. The minimum atomic E-state index is -5.10. The van der Waals surface area contributed by atoms with Crippen LogP contribution in [0.25, 0.3) is 0 Å². The Morgan fingerprint density at radius 1 is 0.958 bits per heavy atom. The van der Waals surface area contributed by atoms with Crippen molar-refractivity contribution in [3.05, 3.63) is 64.7 Å². The molecule has 0 bridgehead atoms. The molecule has 0 fully saturated rings. The fourth-order valence-corrected chi connectivity index (χ4v) is 2.91. The molecule has 24 heavy (non-hydrogen) atoms. The molecule has 0 unspecified atom stereocenters. The van der Waals surface area contributed by atoms with Crippen molar-refractivity contribution in [1.82, 2.24) is 5.32 Å². The number of benzene rings is 2. The third kappa shape index (κ3) is 3.51. The van der Waals surface area contributed by atoms with Gasteiger partial charge in [-0.1, -0.05) is 30.3 Å². The second-order valence-corrected chi connectivity index (χ2v) is 7.07. The Labute approximate surface area is 138 Å². The van der Waals surface area contributed by atoms with Crippen molar-refractivity contribution >= 4 is 25.6 Å². The number of nitrogens with one attached hydrogen (secondary N) is 1. The molecule has 10 heteroatoms. The maximum absolute atomic E-state index is 13.8. The molecule has 1 N–H and O–H groups in total. The van der Waals surface area contributed by atoms with E-state index in [1.807, 2.05) is 0 Å². The van der Waals surface area contributed by atoms with Gasteiger partial charge in [-0.3, -0.25) is 4.79 Å². The molecule has 0 saturated heterocycles. The molecule has 4 nitrogen and oxygen atoms in total. The van der Waals surface area contributed by atoms with Gasteiger partial charge < -0.3 is 5.32 Å². The SMILES string of the molecule is O=C(NCc1ccccc1)c1c(F)c(F)c(S(=O)(=O)Cl)c(F)c1F. The molecule has 0 aromatic heterocycles. The lowest BCUT2D eigenvalue weighted by Crippen LogP contribution is -2.27. The van der Waals surface area contributed by atoms with Gasteiger partial charge in [0.2, 0.25) is 0 Å². The van der Waals surface area contributed by atoms with E-state index in [9.17, 15) is 30.8 Å². The highest BCUT2D eigenvalue weighted by molar-refractivity contribution is 8.13. The summed E-state index contributed by atoms with van der Waals surface area (Å²) >= 11 is 0. The molecule has 128 valence electrons. The average Bonchev–Trinajstić information content (AvgIpc) is 2.51. The normalized spacial score (nSPS) is 11.4. The molecule has 0 saturated carbocycles. The topological polar surface area (TPSA) is 63.2 Å². The maximum Gasteiger partial charge on any atom is 0.267 e. The minimum Gasteiger partial charge on any atom is -0.348 e. The van der Waals surface area contributed by atoms with Gasteiger partial charge in [-0.05, 0) is 5.56 Å². The molecule has 0 aliphatic rings. The second-order valence-electron chi connectivity index (χ2n) is 4.57. The lowest BCUT2D eigenvalue weighted by molar-refractivity contribution is 0.0939. The van der Waals surface area contributed by atoms with Crippen LogP contribution in [-0.4, -0.2) is 14.3 Å². The van der Waals surface area contributed by atoms with Crippen LogP contribution >= 0.6 is 10.7 Å². The molecule has 0 radical (unpaired) electrons. The highest BCUT2D eigenvalue weighted by Gasteiger charge is 2.34.